The predicted molar refractivity (Wildman–Crippen MR) is 48.9 cm³/mol. The maximum absolute atomic E-state index is 9.68. The highest BCUT2D eigenvalue weighted by atomic mass is 16.3. The van der Waals surface area contributed by atoms with Crippen molar-refractivity contribution in [3.05, 3.63) is 0 Å². The Morgan fingerprint density at radius 2 is 1.75 bits per heavy atom. The molecule has 0 aromatic rings. The molecule has 0 aliphatic heterocycles. The van der Waals surface area contributed by atoms with Crippen molar-refractivity contribution in [3.8, 4) is 0 Å². The number of hydrogen-bond acceptors (Lipinski definition) is 2. The molecule has 0 spiro atoms. The first-order valence-electron chi connectivity index (χ1n) is 5.06. The van der Waals surface area contributed by atoms with Crippen LogP contribution in [0.5, 0.6) is 0 Å². The van der Waals surface area contributed by atoms with Crippen molar-refractivity contribution in [2.45, 2.75) is 57.7 Å². The second-order valence-electron chi connectivity index (χ2n) is 4.05. The van der Waals surface area contributed by atoms with E-state index in [4.69, 9.17) is 5.11 Å². The largest absolute Gasteiger partial charge is 0.393 e. The molecule has 1 saturated carbocycles. The van der Waals surface area contributed by atoms with E-state index >= 15 is 0 Å². The third-order valence-corrected chi connectivity index (χ3v) is 2.78. The minimum Gasteiger partial charge on any atom is -0.393 e. The van der Waals surface area contributed by atoms with E-state index in [9.17, 15) is 5.11 Å². The smallest absolute Gasteiger partial charge is 0.0592 e. The van der Waals surface area contributed by atoms with Crippen molar-refractivity contribution < 1.29 is 10.2 Å². The summed E-state index contributed by atoms with van der Waals surface area (Å²) in [6.45, 7) is 1.74. The van der Waals surface area contributed by atoms with Crippen LogP contribution in [0.25, 0.3) is 0 Å². The summed E-state index contributed by atoms with van der Waals surface area (Å²) in [6, 6.07) is 0. The van der Waals surface area contributed by atoms with E-state index in [2.05, 4.69) is 0 Å². The molecule has 12 heavy (non-hydrogen) atoms. The fraction of sp³-hybridized carbons (Fsp3) is 1.00. The average Bonchev–Trinajstić information content (AvgIpc) is 2.05. The van der Waals surface area contributed by atoms with Gasteiger partial charge in [0.2, 0.25) is 0 Å². The molecule has 1 aliphatic carbocycles. The Morgan fingerprint density at radius 1 is 1.17 bits per heavy atom. The van der Waals surface area contributed by atoms with Crippen LogP contribution in [0.2, 0.25) is 0 Å². The lowest BCUT2D eigenvalue weighted by Gasteiger charge is -2.27. The number of rotatable bonds is 3. The third-order valence-electron chi connectivity index (χ3n) is 2.78. The van der Waals surface area contributed by atoms with E-state index in [0.717, 1.165) is 12.8 Å². The first-order valence-corrected chi connectivity index (χ1v) is 5.06. The Bertz CT molecular complexity index is 117. The Hall–Kier alpha value is -0.0800. The summed E-state index contributed by atoms with van der Waals surface area (Å²) >= 11 is 0. The van der Waals surface area contributed by atoms with Crippen LogP contribution in [0.15, 0.2) is 0 Å². The Kier molecular flexibility index (Phi) is 4.02. The van der Waals surface area contributed by atoms with Gasteiger partial charge >= 0.3 is 0 Å². The molecule has 1 aliphatic rings. The van der Waals surface area contributed by atoms with Crippen LogP contribution >= 0.6 is 0 Å². The zero-order valence-corrected chi connectivity index (χ0v) is 7.87. The van der Waals surface area contributed by atoms with Crippen LogP contribution in [0.4, 0.5) is 0 Å². The van der Waals surface area contributed by atoms with Gasteiger partial charge < -0.3 is 10.2 Å². The van der Waals surface area contributed by atoms with Gasteiger partial charge in [-0.05, 0) is 32.1 Å². The molecular weight excluding hydrogens is 152 g/mol. The highest BCUT2D eigenvalue weighted by molar-refractivity contribution is 4.74. The van der Waals surface area contributed by atoms with Crippen molar-refractivity contribution in [2.24, 2.45) is 5.92 Å². The second-order valence-corrected chi connectivity index (χ2v) is 4.05. The van der Waals surface area contributed by atoms with Crippen molar-refractivity contribution in [1.82, 2.24) is 0 Å². The minimum atomic E-state index is -0.359. The third kappa shape index (κ3) is 3.11. The minimum absolute atomic E-state index is 0.273. The SMILES string of the molecule is C[C@@H](O)C[C@H](O)C1CCCCC1. The standard InChI is InChI=1S/C10H20O2/c1-8(11)7-10(12)9-5-3-2-4-6-9/h8-12H,2-7H2,1H3/t8-,10+/m1/s1. The lowest BCUT2D eigenvalue weighted by Crippen LogP contribution is -2.26. The molecule has 0 unspecified atom stereocenters. The summed E-state index contributed by atoms with van der Waals surface area (Å²) in [5, 5.41) is 18.8. The van der Waals surface area contributed by atoms with Gasteiger partial charge in [-0.15, -0.1) is 0 Å². The van der Waals surface area contributed by atoms with Crippen LogP contribution in [0, 0.1) is 5.92 Å². The van der Waals surface area contributed by atoms with Gasteiger partial charge in [0.1, 0.15) is 0 Å². The van der Waals surface area contributed by atoms with E-state index in [0.29, 0.717) is 12.3 Å². The quantitative estimate of drug-likeness (QED) is 0.680. The van der Waals surface area contributed by atoms with E-state index in [1.54, 1.807) is 6.92 Å². The van der Waals surface area contributed by atoms with Crippen LogP contribution in [0.1, 0.15) is 45.4 Å². The molecule has 1 fully saturated rings. The summed E-state index contributed by atoms with van der Waals surface area (Å²) < 4.78 is 0. The fourth-order valence-electron chi connectivity index (χ4n) is 2.06. The van der Waals surface area contributed by atoms with E-state index < -0.39 is 0 Å². The second kappa shape index (κ2) is 4.83. The molecule has 0 aromatic carbocycles. The molecule has 2 atom stereocenters. The molecule has 0 amide bonds. The van der Waals surface area contributed by atoms with Gasteiger partial charge in [-0.2, -0.15) is 0 Å². The molecule has 0 aromatic heterocycles. The normalized spacial score (nSPS) is 25.2. The van der Waals surface area contributed by atoms with E-state index in [-0.39, 0.29) is 12.2 Å². The Labute approximate surface area is 74.6 Å². The Morgan fingerprint density at radius 3 is 2.25 bits per heavy atom. The zero-order valence-electron chi connectivity index (χ0n) is 7.87. The van der Waals surface area contributed by atoms with Crippen molar-refractivity contribution in [1.29, 1.82) is 0 Å². The molecule has 2 nitrogen and oxygen atoms in total. The lowest BCUT2D eigenvalue weighted by atomic mass is 9.83. The summed E-state index contributed by atoms with van der Waals surface area (Å²) in [5.74, 6) is 0.452. The lowest BCUT2D eigenvalue weighted by molar-refractivity contribution is 0.0368. The predicted octanol–water partition coefficient (Wildman–Crippen LogP) is 1.70. The van der Waals surface area contributed by atoms with Gasteiger partial charge in [0, 0.05) is 0 Å². The van der Waals surface area contributed by atoms with Crippen LogP contribution in [0.3, 0.4) is 0 Å². The topological polar surface area (TPSA) is 40.5 Å². The molecule has 0 heterocycles. The highest BCUT2D eigenvalue weighted by Gasteiger charge is 2.22. The van der Waals surface area contributed by atoms with Gasteiger partial charge in [0.15, 0.2) is 0 Å². The van der Waals surface area contributed by atoms with E-state index in [1.165, 1.54) is 19.3 Å². The molecule has 2 N–H and O–H groups in total. The number of aliphatic hydroxyl groups excluding tert-OH is 2. The molecule has 1 rings (SSSR count). The van der Waals surface area contributed by atoms with Gasteiger partial charge in [-0.1, -0.05) is 19.3 Å². The first kappa shape index (κ1) is 10.0. The molecule has 0 bridgehead atoms. The van der Waals surface area contributed by atoms with Crippen molar-refractivity contribution in [2.75, 3.05) is 0 Å². The summed E-state index contributed by atoms with van der Waals surface area (Å²) in [4.78, 5) is 0. The van der Waals surface area contributed by atoms with Gasteiger partial charge in [-0.25, -0.2) is 0 Å². The summed E-state index contributed by atoms with van der Waals surface area (Å²) in [5.41, 5.74) is 0. The van der Waals surface area contributed by atoms with Crippen molar-refractivity contribution in [3.63, 3.8) is 0 Å². The van der Waals surface area contributed by atoms with Crippen LogP contribution in [-0.2, 0) is 0 Å². The van der Waals surface area contributed by atoms with E-state index in [1.807, 2.05) is 0 Å². The molecule has 0 saturated heterocycles. The highest BCUT2D eigenvalue weighted by Crippen LogP contribution is 2.28. The number of aliphatic hydroxyl groups is 2. The first-order chi connectivity index (χ1) is 5.70. The average molecular weight is 172 g/mol. The maximum atomic E-state index is 9.68. The monoisotopic (exact) mass is 172 g/mol. The van der Waals surface area contributed by atoms with Crippen LogP contribution < -0.4 is 0 Å². The summed E-state index contributed by atoms with van der Waals surface area (Å²) in [7, 11) is 0. The summed E-state index contributed by atoms with van der Waals surface area (Å²) in [6.07, 6.45) is 6.03. The fourth-order valence-corrected chi connectivity index (χ4v) is 2.06. The maximum Gasteiger partial charge on any atom is 0.0592 e. The zero-order chi connectivity index (χ0) is 8.97. The Balaban J connectivity index is 2.24. The molecular formula is C10H20O2. The van der Waals surface area contributed by atoms with Gasteiger partial charge in [0.05, 0.1) is 12.2 Å². The van der Waals surface area contributed by atoms with Crippen molar-refractivity contribution >= 4 is 0 Å². The molecule has 0 radical (unpaired) electrons. The molecule has 2 heteroatoms. The van der Waals surface area contributed by atoms with Gasteiger partial charge in [0.25, 0.3) is 0 Å². The van der Waals surface area contributed by atoms with Gasteiger partial charge in [-0.3, -0.25) is 0 Å². The molecule has 72 valence electrons. The number of hydrogen-bond donors (Lipinski definition) is 2. The van der Waals surface area contributed by atoms with Crippen LogP contribution in [-0.4, -0.2) is 22.4 Å².